The summed E-state index contributed by atoms with van der Waals surface area (Å²) in [5.74, 6) is -1.64. The van der Waals surface area contributed by atoms with Gasteiger partial charge in [-0.2, -0.15) is 5.10 Å². The maximum Gasteiger partial charge on any atom is 0.338 e. The number of aryl methyl sites for hydroxylation is 1. The number of benzene rings is 1. The maximum absolute atomic E-state index is 13.5. The minimum atomic E-state index is -1.32. The number of carboxylic acid groups (broad SMARTS) is 1. The Hall–Kier alpha value is -2.70. The molecule has 2 heterocycles. The summed E-state index contributed by atoms with van der Waals surface area (Å²) in [5.41, 5.74) is 1.03. The number of carboxylic acids is 1. The van der Waals surface area contributed by atoms with Crippen molar-refractivity contribution in [1.29, 1.82) is 0 Å². The van der Waals surface area contributed by atoms with Gasteiger partial charge in [0.05, 0.1) is 16.6 Å². The number of fused-ring (bicyclic) bond motifs is 1. The van der Waals surface area contributed by atoms with Crippen molar-refractivity contribution in [1.82, 2.24) is 19.7 Å². The van der Waals surface area contributed by atoms with E-state index in [9.17, 15) is 9.18 Å². The van der Waals surface area contributed by atoms with Gasteiger partial charge in [0, 0.05) is 19.3 Å². The first-order chi connectivity index (χ1) is 9.04. The van der Waals surface area contributed by atoms with E-state index in [0.717, 1.165) is 6.07 Å². The van der Waals surface area contributed by atoms with Gasteiger partial charge in [-0.25, -0.2) is 14.2 Å². The fourth-order valence-corrected chi connectivity index (χ4v) is 1.86. The van der Waals surface area contributed by atoms with Crippen LogP contribution in [0.2, 0.25) is 0 Å². The molecule has 3 aromatic rings. The van der Waals surface area contributed by atoms with E-state index in [1.807, 2.05) is 0 Å². The number of aromatic nitrogens is 4. The molecular formula is C12H9FN4O2. The molecule has 0 saturated carbocycles. The quantitative estimate of drug-likeness (QED) is 0.735. The van der Waals surface area contributed by atoms with Crippen LogP contribution in [0.25, 0.3) is 22.6 Å². The second-order valence-electron chi connectivity index (χ2n) is 4.11. The lowest BCUT2D eigenvalue weighted by atomic mass is 10.2. The van der Waals surface area contributed by atoms with Crippen LogP contribution in [0, 0.1) is 5.82 Å². The second kappa shape index (κ2) is 3.91. The Morgan fingerprint density at radius 2 is 2.26 bits per heavy atom. The van der Waals surface area contributed by atoms with E-state index in [4.69, 9.17) is 5.11 Å². The predicted octanol–water partition coefficient (Wildman–Crippen LogP) is 1.80. The van der Waals surface area contributed by atoms with Gasteiger partial charge < -0.3 is 10.1 Å². The average Bonchev–Trinajstić information content (AvgIpc) is 2.93. The van der Waals surface area contributed by atoms with E-state index < -0.39 is 17.3 Å². The van der Waals surface area contributed by atoms with E-state index in [0.29, 0.717) is 22.6 Å². The number of H-pyrrole nitrogens is 1. The highest BCUT2D eigenvalue weighted by atomic mass is 19.1. The molecule has 19 heavy (non-hydrogen) atoms. The zero-order chi connectivity index (χ0) is 13.6. The number of nitrogens with one attached hydrogen (secondary N) is 1. The Morgan fingerprint density at radius 1 is 1.47 bits per heavy atom. The number of halogens is 1. The van der Waals surface area contributed by atoms with Gasteiger partial charge in [0.2, 0.25) is 0 Å². The smallest absolute Gasteiger partial charge is 0.338 e. The minimum Gasteiger partial charge on any atom is -0.478 e. The summed E-state index contributed by atoms with van der Waals surface area (Å²) >= 11 is 0. The molecular weight excluding hydrogens is 251 g/mol. The topological polar surface area (TPSA) is 83.8 Å². The third kappa shape index (κ3) is 1.85. The van der Waals surface area contributed by atoms with Gasteiger partial charge in [-0.05, 0) is 12.1 Å². The molecule has 0 spiro atoms. The van der Waals surface area contributed by atoms with Gasteiger partial charge in [0.1, 0.15) is 11.5 Å². The summed E-state index contributed by atoms with van der Waals surface area (Å²) < 4.78 is 15.2. The highest BCUT2D eigenvalue weighted by molar-refractivity contribution is 5.93. The lowest BCUT2D eigenvalue weighted by Crippen LogP contribution is -1.99. The van der Waals surface area contributed by atoms with Crippen LogP contribution in [-0.4, -0.2) is 30.8 Å². The first-order valence-electron chi connectivity index (χ1n) is 5.47. The molecule has 6 nitrogen and oxygen atoms in total. The maximum atomic E-state index is 13.5. The highest BCUT2D eigenvalue weighted by Gasteiger charge is 2.15. The monoisotopic (exact) mass is 260 g/mol. The lowest BCUT2D eigenvalue weighted by Gasteiger charge is -1.95. The van der Waals surface area contributed by atoms with Crippen LogP contribution in [0.4, 0.5) is 4.39 Å². The Labute approximate surface area is 106 Å². The van der Waals surface area contributed by atoms with Crippen molar-refractivity contribution in [2.75, 3.05) is 0 Å². The second-order valence-corrected chi connectivity index (χ2v) is 4.11. The van der Waals surface area contributed by atoms with Crippen molar-refractivity contribution < 1.29 is 14.3 Å². The first kappa shape index (κ1) is 11.4. The van der Waals surface area contributed by atoms with Gasteiger partial charge in [-0.3, -0.25) is 4.68 Å². The number of rotatable bonds is 2. The fraction of sp³-hybridized carbons (Fsp3) is 0.0833. The average molecular weight is 260 g/mol. The Balaban J connectivity index is 2.18. The summed E-state index contributed by atoms with van der Waals surface area (Å²) in [7, 11) is 1.77. The van der Waals surface area contributed by atoms with Crippen molar-refractivity contribution in [2.45, 2.75) is 0 Å². The van der Waals surface area contributed by atoms with E-state index >= 15 is 0 Å². The van der Waals surface area contributed by atoms with E-state index in [2.05, 4.69) is 15.1 Å². The number of hydrogen-bond donors (Lipinski definition) is 2. The van der Waals surface area contributed by atoms with Gasteiger partial charge in [0.25, 0.3) is 0 Å². The molecule has 0 saturated heterocycles. The number of imidazole rings is 1. The van der Waals surface area contributed by atoms with Gasteiger partial charge in [-0.15, -0.1) is 0 Å². The van der Waals surface area contributed by atoms with Gasteiger partial charge >= 0.3 is 5.97 Å². The summed E-state index contributed by atoms with van der Waals surface area (Å²) in [6, 6.07) is 4.08. The van der Waals surface area contributed by atoms with Gasteiger partial charge in [-0.1, -0.05) is 0 Å². The van der Waals surface area contributed by atoms with Crippen LogP contribution in [0.1, 0.15) is 10.4 Å². The SMILES string of the molecule is Cn1ccc(-c2nc3cc(C(=O)O)c(F)cc3[nH]2)n1. The molecule has 2 N–H and O–H groups in total. The van der Waals surface area contributed by atoms with Crippen molar-refractivity contribution in [3.05, 3.63) is 35.8 Å². The first-order valence-corrected chi connectivity index (χ1v) is 5.47. The molecule has 96 valence electrons. The van der Waals surface area contributed by atoms with Crippen molar-refractivity contribution in [3.63, 3.8) is 0 Å². The molecule has 3 rings (SSSR count). The largest absolute Gasteiger partial charge is 0.478 e. The lowest BCUT2D eigenvalue weighted by molar-refractivity contribution is 0.0692. The zero-order valence-electron chi connectivity index (χ0n) is 9.88. The van der Waals surface area contributed by atoms with Gasteiger partial charge in [0.15, 0.2) is 5.82 Å². The standard InChI is InChI=1S/C12H9FN4O2/c1-17-3-2-8(16-17)11-14-9-4-6(12(18)19)7(13)5-10(9)15-11/h2-5H,1H3,(H,14,15)(H,18,19). The van der Waals surface area contributed by atoms with Crippen molar-refractivity contribution in [2.24, 2.45) is 7.05 Å². The summed E-state index contributed by atoms with van der Waals surface area (Å²) in [5, 5.41) is 13.0. The van der Waals surface area contributed by atoms with Crippen LogP contribution in [0.15, 0.2) is 24.4 Å². The number of carbonyl (C=O) groups is 1. The molecule has 7 heteroatoms. The van der Waals surface area contributed by atoms with E-state index in [-0.39, 0.29) is 0 Å². The Bertz CT molecular complexity index is 790. The molecule has 0 atom stereocenters. The number of aromatic amines is 1. The minimum absolute atomic E-state index is 0.388. The molecule has 0 unspecified atom stereocenters. The highest BCUT2D eigenvalue weighted by Crippen LogP contribution is 2.21. The molecule has 0 amide bonds. The fourth-order valence-electron chi connectivity index (χ4n) is 1.86. The molecule has 0 aliphatic rings. The van der Waals surface area contributed by atoms with Crippen LogP contribution in [-0.2, 0) is 7.05 Å². The normalized spacial score (nSPS) is 11.1. The third-order valence-electron chi connectivity index (χ3n) is 2.76. The van der Waals surface area contributed by atoms with Crippen molar-refractivity contribution in [3.8, 4) is 11.5 Å². The molecule has 2 aromatic heterocycles. The Morgan fingerprint density at radius 3 is 2.89 bits per heavy atom. The zero-order valence-corrected chi connectivity index (χ0v) is 9.88. The Kier molecular flexibility index (Phi) is 2.34. The molecule has 0 aliphatic heterocycles. The van der Waals surface area contributed by atoms with Crippen LogP contribution >= 0.6 is 0 Å². The van der Waals surface area contributed by atoms with E-state index in [1.165, 1.54) is 6.07 Å². The molecule has 0 bridgehead atoms. The van der Waals surface area contributed by atoms with Crippen LogP contribution < -0.4 is 0 Å². The predicted molar refractivity (Wildman–Crippen MR) is 65.2 cm³/mol. The summed E-state index contributed by atoms with van der Waals surface area (Å²) in [4.78, 5) is 18.0. The molecule has 1 aromatic carbocycles. The number of aromatic carboxylic acids is 1. The summed E-state index contributed by atoms with van der Waals surface area (Å²) in [6.07, 6.45) is 1.76. The number of nitrogens with zero attached hydrogens (tertiary/aromatic N) is 3. The molecule has 0 fully saturated rings. The number of hydrogen-bond acceptors (Lipinski definition) is 3. The van der Waals surface area contributed by atoms with Crippen LogP contribution in [0.5, 0.6) is 0 Å². The van der Waals surface area contributed by atoms with Crippen molar-refractivity contribution >= 4 is 17.0 Å². The molecule has 0 radical (unpaired) electrons. The van der Waals surface area contributed by atoms with Crippen LogP contribution in [0.3, 0.4) is 0 Å². The summed E-state index contributed by atoms with van der Waals surface area (Å²) in [6.45, 7) is 0. The van der Waals surface area contributed by atoms with E-state index in [1.54, 1.807) is 24.0 Å². The molecule has 0 aliphatic carbocycles. The third-order valence-corrected chi connectivity index (χ3v) is 2.76.